The first-order chi connectivity index (χ1) is 16.7. The number of fused-ring (bicyclic) bond motifs is 3. The summed E-state index contributed by atoms with van der Waals surface area (Å²) in [5.74, 6) is 3.19. The molecule has 1 amide bonds. The third-order valence-electron chi connectivity index (χ3n) is 8.31. The Morgan fingerprint density at radius 3 is 2.82 bits per heavy atom. The minimum Gasteiger partial charge on any atom is -0.338 e. The van der Waals surface area contributed by atoms with E-state index in [1.807, 2.05) is 34.8 Å². The number of nitrogens with zero attached hydrogens (tertiary/aromatic N) is 6. The van der Waals surface area contributed by atoms with Crippen molar-refractivity contribution in [2.24, 2.45) is 24.8 Å². The average Bonchev–Trinajstić information content (AvgIpc) is 3.29. The molecule has 7 nitrogen and oxygen atoms in total. The van der Waals surface area contributed by atoms with Gasteiger partial charge in [0.05, 0.1) is 11.3 Å². The van der Waals surface area contributed by atoms with Gasteiger partial charge in [-0.25, -0.2) is 15.0 Å². The average molecular weight is 455 g/mol. The standard InChI is InChI=1S/C27H30N6O/c1-31-25-22(12-21(14-29-25)27(34)32-11-9-18-4-2-5-20(18)16-32)30-26(31)23-13-19-6-3-10-28-24(19)33(23)15-17-7-8-17/h3,6,10,12-14,17-18,20H,2,4-5,7-9,11,15-16H2,1H3/t18-,20+/m1/s1. The Morgan fingerprint density at radius 1 is 1.06 bits per heavy atom. The van der Waals surface area contributed by atoms with Crippen LogP contribution in [0, 0.1) is 17.8 Å². The number of amides is 1. The number of rotatable bonds is 4. The highest BCUT2D eigenvalue weighted by molar-refractivity contribution is 5.97. The van der Waals surface area contributed by atoms with Gasteiger partial charge in [-0.2, -0.15) is 0 Å². The van der Waals surface area contributed by atoms with E-state index in [0.717, 1.165) is 71.6 Å². The molecule has 1 saturated heterocycles. The molecular weight excluding hydrogens is 424 g/mol. The van der Waals surface area contributed by atoms with Gasteiger partial charge in [-0.15, -0.1) is 0 Å². The summed E-state index contributed by atoms with van der Waals surface area (Å²) in [5, 5.41) is 1.13. The van der Waals surface area contributed by atoms with Crippen molar-refractivity contribution >= 4 is 28.1 Å². The minimum atomic E-state index is 0.0963. The highest BCUT2D eigenvalue weighted by atomic mass is 16.2. The maximum absolute atomic E-state index is 13.3. The van der Waals surface area contributed by atoms with Crippen LogP contribution in [0.15, 0.2) is 36.7 Å². The van der Waals surface area contributed by atoms with Crippen LogP contribution in [0.4, 0.5) is 0 Å². The van der Waals surface area contributed by atoms with Gasteiger partial charge >= 0.3 is 0 Å². The van der Waals surface area contributed by atoms with E-state index in [9.17, 15) is 4.79 Å². The fourth-order valence-corrected chi connectivity index (χ4v) is 6.23. The predicted octanol–water partition coefficient (Wildman–Crippen LogP) is 4.66. The van der Waals surface area contributed by atoms with E-state index in [2.05, 4.69) is 21.7 Å². The van der Waals surface area contributed by atoms with E-state index < -0.39 is 0 Å². The number of imidazole rings is 1. The summed E-state index contributed by atoms with van der Waals surface area (Å²) in [4.78, 5) is 29.7. The molecule has 7 rings (SSSR count). The largest absolute Gasteiger partial charge is 0.338 e. The van der Waals surface area contributed by atoms with E-state index in [-0.39, 0.29) is 5.91 Å². The van der Waals surface area contributed by atoms with Crippen molar-refractivity contribution in [2.45, 2.75) is 45.1 Å². The monoisotopic (exact) mass is 454 g/mol. The van der Waals surface area contributed by atoms with Crippen molar-refractivity contribution in [2.75, 3.05) is 13.1 Å². The fourth-order valence-electron chi connectivity index (χ4n) is 6.23. The maximum Gasteiger partial charge on any atom is 0.255 e. The second kappa shape index (κ2) is 7.65. The maximum atomic E-state index is 13.3. The van der Waals surface area contributed by atoms with Gasteiger partial charge in [-0.3, -0.25) is 4.79 Å². The Hall–Kier alpha value is -3.22. The van der Waals surface area contributed by atoms with Crippen molar-refractivity contribution in [1.82, 2.24) is 29.0 Å². The van der Waals surface area contributed by atoms with Crippen molar-refractivity contribution in [3.05, 3.63) is 42.2 Å². The molecule has 0 aromatic carbocycles. The van der Waals surface area contributed by atoms with Crippen LogP contribution in [-0.2, 0) is 13.6 Å². The van der Waals surface area contributed by atoms with Crippen molar-refractivity contribution in [1.29, 1.82) is 0 Å². The number of piperidine rings is 1. The lowest BCUT2D eigenvalue weighted by atomic mass is 9.88. The Bertz CT molecular complexity index is 1410. The molecule has 0 N–H and O–H groups in total. The van der Waals surface area contributed by atoms with Crippen molar-refractivity contribution in [3.63, 3.8) is 0 Å². The lowest BCUT2D eigenvalue weighted by Crippen LogP contribution is -2.42. The Labute approximate surface area is 198 Å². The summed E-state index contributed by atoms with van der Waals surface area (Å²) >= 11 is 0. The zero-order chi connectivity index (χ0) is 22.8. The Balaban J connectivity index is 1.25. The molecule has 7 heteroatoms. The van der Waals surface area contributed by atoms with Crippen LogP contribution in [0.5, 0.6) is 0 Å². The SMILES string of the molecule is Cn1c(-c2cc3cccnc3n2CC2CC2)nc2cc(C(=O)N3CC[C@H]4CCC[C@H]4C3)cnc21. The molecule has 2 saturated carbocycles. The summed E-state index contributed by atoms with van der Waals surface area (Å²) in [5.41, 5.74) is 4.30. The van der Waals surface area contributed by atoms with Crippen LogP contribution in [0.2, 0.25) is 0 Å². The number of aryl methyl sites for hydroxylation is 1. The van der Waals surface area contributed by atoms with Crippen LogP contribution in [0.3, 0.4) is 0 Å². The molecule has 5 heterocycles. The molecule has 1 aliphatic heterocycles. The van der Waals surface area contributed by atoms with Crippen LogP contribution >= 0.6 is 0 Å². The zero-order valence-electron chi connectivity index (χ0n) is 19.7. The quantitative estimate of drug-likeness (QED) is 0.450. The summed E-state index contributed by atoms with van der Waals surface area (Å²) in [6.07, 6.45) is 11.2. The molecular formula is C27H30N6O. The molecule has 3 aliphatic rings. The Morgan fingerprint density at radius 2 is 1.94 bits per heavy atom. The molecule has 4 aromatic rings. The van der Waals surface area contributed by atoms with E-state index in [1.54, 1.807) is 6.20 Å². The van der Waals surface area contributed by atoms with Gasteiger partial charge in [-0.05, 0) is 67.7 Å². The Kier molecular flexibility index (Phi) is 4.54. The van der Waals surface area contributed by atoms with Gasteiger partial charge in [-0.1, -0.05) is 12.8 Å². The van der Waals surface area contributed by atoms with E-state index >= 15 is 0 Å². The number of aromatic nitrogens is 5. The van der Waals surface area contributed by atoms with Gasteiger partial charge < -0.3 is 14.0 Å². The first kappa shape index (κ1) is 20.2. The molecule has 4 aromatic heterocycles. The van der Waals surface area contributed by atoms with Crippen LogP contribution in [0.1, 0.15) is 48.9 Å². The van der Waals surface area contributed by atoms with Gasteiger partial charge in [0.15, 0.2) is 11.5 Å². The lowest BCUT2D eigenvalue weighted by Gasteiger charge is -2.35. The third kappa shape index (κ3) is 3.24. The van der Waals surface area contributed by atoms with Gasteiger partial charge in [0.2, 0.25) is 0 Å². The summed E-state index contributed by atoms with van der Waals surface area (Å²) in [6.45, 7) is 2.72. The molecule has 0 spiro atoms. The van der Waals surface area contributed by atoms with Gasteiger partial charge in [0.1, 0.15) is 11.2 Å². The predicted molar refractivity (Wildman–Crippen MR) is 131 cm³/mol. The number of carbonyl (C=O) groups is 1. The fraction of sp³-hybridized carbons (Fsp3) is 0.481. The van der Waals surface area contributed by atoms with Crippen molar-refractivity contribution in [3.8, 4) is 11.5 Å². The van der Waals surface area contributed by atoms with E-state index in [0.29, 0.717) is 11.5 Å². The van der Waals surface area contributed by atoms with Crippen molar-refractivity contribution < 1.29 is 4.79 Å². The molecule has 174 valence electrons. The second-order valence-electron chi connectivity index (χ2n) is 10.6. The first-order valence-corrected chi connectivity index (χ1v) is 12.7. The minimum absolute atomic E-state index is 0.0963. The van der Waals surface area contributed by atoms with Gasteiger partial charge in [0.25, 0.3) is 5.91 Å². The molecule has 0 unspecified atom stereocenters. The molecule has 2 atom stereocenters. The topological polar surface area (TPSA) is 68.8 Å². The third-order valence-corrected chi connectivity index (χ3v) is 8.31. The molecule has 2 aliphatic carbocycles. The number of hydrogen-bond acceptors (Lipinski definition) is 4. The first-order valence-electron chi connectivity index (χ1n) is 12.7. The number of likely N-dealkylation sites (tertiary alicyclic amines) is 1. The number of carbonyl (C=O) groups excluding carboxylic acids is 1. The van der Waals surface area contributed by atoms with Crippen LogP contribution in [-0.4, -0.2) is 48.0 Å². The van der Waals surface area contributed by atoms with E-state index in [4.69, 9.17) is 9.97 Å². The zero-order valence-corrected chi connectivity index (χ0v) is 19.7. The summed E-state index contributed by atoms with van der Waals surface area (Å²) in [6, 6.07) is 8.21. The highest BCUT2D eigenvalue weighted by Gasteiger charge is 2.35. The van der Waals surface area contributed by atoms with Gasteiger partial charge in [0, 0.05) is 44.5 Å². The van der Waals surface area contributed by atoms with E-state index in [1.165, 1.54) is 32.1 Å². The lowest BCUT2D eigenvalue weighted by molar-refractivity contribution is 0.0627. The molecule has 3 fully saturated rings. The molecule has 0 radical (unpaired) electrons. The normalized spacial score (nSPS) is 22.6. The van der Waals surface area contributed by atoms with Crippen LogP contribution < -0.4 is 0 Å². The number of pyridine rings is 2. The van der Waals surface area contributed by atoms with Crippen LogP contribution in [0.25, 0.3) is 33.7 Å². The summed E-state index contributed by atoms with van der Waals surface area (Å²) < 4.78 is 4.36. The smallest absolute Gasteiger partial charge is 0.255 e. The number of hydrogen-bond donors (Lipinski definition) is 0. The molecule has 34 heavy (non-hydrogen) atoms. The second-order valence-corrected chi connectivity index (χ2v) is 10.6. The molecule has 0 bridgehead atoms. The summed E-state index contributed by atoms with van der Waals surface area (Å²) in [7, 11) is 2.01. The highest BCUT2D eigenvalue weighted by Crippen LogP contribution is 2.38.